The van der Waals surface area contributed by atoms with Gasteiger partial charge >= 0.3 is 12.4 Å². The highest BCUT2D eigenvalue weighted by Gasteiger charge is 2.34. The Morgan fingerprint density at radius 2 is 1.21 bits per heavy atom. The summed E-state index contributed by atoms with van der Waals surface area (Å²) in [5.41, 5.74) is 0.951. The molecule has 1 aromatic carbocycles. The highest BCUT2D eigenvalue weighted by molar-refractivity contribution is 9.11. The fourth-order valence-electron chi connectivity index (χ4n) is 3.44. The second-order valence-electron chi connectivity index (χ2n) is 8.46. The monoisotopic (exact) mass is 737 g/mol. The molecule has 0 fully saturated rings. The average molecular weight is 740 g/mol. The number of anilines is 2. The van der Waals surface area contributed by atoms with Gasteiger partial charge in [0, 0.05) is 30.5 Å². The van der Waals surface area contributed by atoms with Crippen molar-refractivity contribution < 1.29 is 26.3 Å². The number of alkyl halides is 6. The minimum atomic E-state index is -4.51. The molecule has 9 nitrogen and oxygen atoms in total. The molecule has 4 aromatic heterocycles. The highest BCUT2D eigenvalue weighted by Crippen LogP contribution is 2.30. The van der Waals surface area contributed by atoms with Crippen LogP contribution in [0.5, 0.6) is 0 Å². The molecule has 18 heteroatoms. The molecule has 1 N–H and O–H groups in total. The van der Waals surface area contributed by atoms with Crippen LogP contribution in [-0.4, -0.2) is 39.5 Å². The summed E-state index contributed by atoms with van der Waals surface area (Å²) >= 11 is 11.9. The number of hydrogen-bond acceptors (Lipinski definition) is 7. The van der Waals surface area contributed by atoms with Crippen molar-refractivity contribution in [2.45, 2.75) is 26.2 Å². The van der Waals surface area contributed by atoms with E-state index in [0.717, 1.165) is 44.5 Å². The summed E-state index contributed by atoms with van der Waals surface area (Å²) in [5.74, 6) is 0.602. The van der Waals surface area contributed by atoms with Gasteiger partial charge in [-0.1, -0.05) is 6.07 Å². The number of nitrogens with one attached hydrogen (secondary N) is 1. The van der Waals surface area contributed by atoms with Crippen LogP contribution in [0.4, 0.5) is 38.0 Å². The molecule has 42 heavy (non-hydrogen) atoms. The largest absolute Gasteiger partial charge is 0.435 e. The molecular formula is C24H16Br2ClF6N9. The Kier molecular flexibility index (Phi) is 9.22. The quantitative estimate of drug-likeness (QED) is 0.148. The Labute approximate surface area is 255 Å². The Balaban J connectivity index is 0.000000208. The van der Waals surface area contributed by atoms with E-state index in [1.807, 2.05) is 32.0 Å². The number of aromatic nitrogens is 8. The lowest BCUT2D eigenvalue weighted by molar-refractivity contribution is -0.142. The summed E-state index contributed by atoms with van der Waals surface area (Å²) in [6, 6.07) is 7.62. The van der Waals surface area contributed by atoms with Crippen molar-refractivity contribution in [3.63, 3.8) is 0 Å². The van der Waals surface area contributed by atoms with Crippen molar-refractivity contribution in [2.24, 2.45) is 0 Å². The maximum Gasteiger partial charge on any atom is 0.435 e. The molecule has 0 spiro atoms. The van der Waals surface area contributed by atoms with Crippen molar-refractivity contribution in [2.75, 3.05) is 5.32 Å². The third-order valence-electron chi connectivity index (χ3n) is 5.09. The zero-order valence-corrected chi connectivity index (χ0v) is 25.1. The van der Waals surface area contributed by atoms with Gasteiger partial charge in [0.25, 0.3) is 0 Å². The summed E-state index contributed by atoms with van der Waals surface area (Å²) in [6.07, 6.45) is -3.86. The Bertz CT molecular complexity index is 1700. The van der Waals surface area contributed by atoms with Gasteiger partial charge in [0.15, 0.2) is 23.0 Å². The fraction of sp³-hybridized carbons (Fsp3) is 0.167. The normalized spacial score (nSPS) is 11.7. The van der Waals surface area contributed by atoms with Crippen LogP contribution in [0.2, 0.25) is 5.28 Å². The van der Waals surface area contributed by atoms with Crippen molar-refractivity contribution in [1.29, 1.82) is 0 Å². The zero-order valence-electron chi connectivity index (χ0n) is 21.2. The molecule has 0 atom stereocenters. The summed E-state index contributed by atoms with van der Waals surface area (Å²) in [4.78, 5) is 15.8. The van der Waals surface area contributed by atoms with Crippen molar-refractivity contribution >= 4 is 55.1 Å². The SMILES string of the molecule is Cc1cc(C)cc(Nc2ncc(Br)c(-n3ccc(C(F)(F)F)n3)n2)c1.FC(F)(F)c1ccn(-c2nc(Cl)ncc2Br)n1. The Morgan fingerprint density at radius 3 is 1.69 bits per heavy atom. The lowest BCUT2D eigenvalue weighted by atomic mass is 10.1. The molecule has 0 aliphatic heterocycles. The van der Waals surface area contributed by atoms with Crippen molar-refractivity contribution in [1.82, 2.24) is 39.5 Å². The van der Waals surface area contributed by atoms with E-state index in [9.17, 15) is 26.3 Å². The van der Waals surface area contributed by atoms with E-state index in [2.05, 4.69) is 67.3 Å². The number of nitrogens with zero attached hydrogens (tertiary/aromatic N) is 8. The maximum atomic E-state index is 12.7. The third kappa shape index (κ3) is 7.83. The van der Waals surface area contributed by atoms with Crippen LogP contribution in [0.25, 0.3) is 11.6 Å². The molecule has 0 bridgehead atoms. The standard InChI is InChI=1S/C16H13BrF3N5.C8H3BrClF3N4/c1-9-5-10(2)7-11(6-9)22-15-21-8-12(17)14(23-15)25-4-3-13(24-25)16(18,19)20;9-4-3-14-7(10)15-6(4)17-2-1-5(16-17)8(11,12)13/h3-8H,1-2H3,(H,21,22,23);1-3H. The summed E-state index contributed by atoms with van der Waals surface area (Å²) in [7, 11) is 0. The number of benzene rings is 1. The zero-order chi connectivity index (χ0) is 30.8. The van der Waals surface area contributed by atoms with E-state index in [0.29, 0.717) is 8.95 Å². The fourth-order valence-corrected chi connectivity index (χ4v) is 4.31. The molecule has 0 saturated carbocycles. The average Bonchev–Trinajstić information content (AvgIpc) is 3.57. The highest BCUT2D eigenvalue weighted by atomic mass is 79.9. The van der Waals surface area contributed by atoms with Gasteiger partial charge in [0.05, 0.1) is 8.95 Å². The van der Waals surface area contributed by atoms with E-state index >= 15 is 0 Å². The van der Waals surface area contributed by atoms with Crippen LogP contribution < -0.4 is 5.32 Å². The van der Waals surface area contributed by atoms with Crippen LogP contribution >= 0.6 is 43.5 Å². The smallest absolute Gasteiger partial charge is 0.324 e. The van der Waals surface area contributed by atoms with E-state index in [4.69, 9.17) is 11.6 Å². The first kappa shape index (κ1) is 31.4. The topological polar surface area (TPSA) is 99.2 Å². The van der Waals surface area contributed by atoms with Gasteiger partial charge in [0.2, 0.25) is 11.2 Å². The molecule has 0 aliphatic rings. The summed E-state index contributed by atoms with van der Waals surface area (Å²) in [5, 5.41) is 9.88. The van der Waals surface area contributed by atoms with Gasteiger partial charge in [0.1, 0.15) is 0 Å². The van der Waals surface area contributed by atoms with Gasteiger partial charge in [-0.05, 0) is 92.7 Å². The first-order valence-corrected chi connectivity index (χ1v) is 13.4. The molecule has 0 radical (unpaired) electrons. The van der Waals surface area contributed by atoms with Gasteiger partial charge < -0.3 is 5.32 Å². The molecule has 5 rings (SSSR count). The molecule has 0 aliphatic carbocycles. The first-order chi connectivity index (χ1) is 19.6. The van der Waals surface area contributed by atoms with Crippen LogP contribution in [0.3, 0.4) is 0 Å². The van der Waals surface area contributed by atoms with E-state index in [-0.39, 0.29) is 22.9 Å². The van der Waals surface area contributed by atoms with E-state index in [1.54, 1.807) is 0 Å². The van der Waals surface area contributed by atoms with Crippen LogP contribution in [0.1, 0.15) is 22.5 Å². The number of aryl methyl sites for hydroxylation is 2. The molecule has 0 unspecified atom stereocenters. The molecule has 4 heterocycles. The number of halogens is 9. The van der Waals surface area contributed by atoms with Gasteiger partial charge in [-0.3, -0.25) is 0 Å². The van der Waals surface area contributed by atoms with Gasteiger partial charge in [-0.15, -0.1) is 0 Å². The predicted octanol–water partition coefficient (Wildman–Crippen LogP) is 7.90. The Morgan fingerprint density at radius 1 is 0.738 bits per heavy atom. The molecule has 0 saturated heterocycles. The lowest BCUT2D eigenvalue weighted by Crippen LogP contribution is -2.09. The molecule has 0 amide bonds. The predicted molar refractivity (Wildman–Crippen MR) is 148 cm³/mol. The minimum Gasteiger partial charge on any atom is -0.324 e. The van der Waals surface area contributed by atoms with Gasteiger partial charge in [-0.2, -0.15) is 46.5 Å². The van der Waals surface area contributed by atoms with Crippen LogP contribution in [0, 0.1) is 13.8 Å². The second kappa shape index (κ2) is 12.3. The number of hydrogen-bond donors (Lipinski definition) is 1. The van der Waals surface area contributed by atoms with E-state index < -0.39 is 23.7 Å². The molecule has 5 aromatic rings. The van der Waals surface area contributed by atoms with Crippen LogP contribution in [0.15, 0.2) is 64.1 Å². The molecule has 220 valence electrons. The summed E-state index contributed by atoms with van der Waals surface area (Å²) < 4.78 is 78.1. The lowest BCUT2D eigenvalue weighted by Gasteiger charge is -2.10. The minimum absolute atomic E-state index is 0.0766. The van der Waals surface area contributed by atoms with Crippen LogP contribution in [-0.2, 0) is 12.4 Å². The first-order valence-electron chi connectivity index (χ1n) is 11.4. The van der Waals surface area contributed by atoms with Crippen molar-refractivity contribution in [3.8, 4) is 11.6 Å². The van der Waals surface area contributed by atoms with E-state index in [1.165, 1.54) is 18.6 Å². The second-order valence-corrected chi connectivity index (χ2v) is 10.5. The Hall–Kier alpha value is -3.57. The van der Waals surface area contributed by atoms with Crippen molar-refractivity contribution in [3.05, 3.63) is 91.9 Å². The van der Waals surface area contributed by atoms with Gasteiger partial charge in [-0.25, -0.2) is 19.3 Å². The number of rotatable bonds is 4. The summed E-state index contributed by atoms with van der Waals surface area (Å²) in [6.45, 7) is 3.93. The molecular weight excluding hydrogens is 724 g/mol. The maximum absolute atomic E-state index is 12.7. The third-order valence-corrected chi connectivity index (χ3v) is 6.39.